The lowest BCUT2D eigenvalue weighted by Crippen LogP contribution is -2.30. The van der Waals surface area contributed by atoms with Crippen molar-refractivity contribution in [1.82, 2.24) is 0 Å². The third-order valence-electron chi connectivity index (χ3n) is 11.8. The minimum Gasteiger partial charge on any atom is -0.462 e. The Bertz CT molecular complexity index is 872. The van der Waals surface area contributed by atoms with Gasteiger partial charge in [-0.15, -0.1) is 0 Å². The van der Waals surface area contributed by atoms with Gasteiger partial charge in [0.25, 0.3) is 0 Å². The second kappa shape index (κ2) is 44.0. The largest absolute Gasteiger partial charge is 0.462 e. The van der Waals surface area contributed by atoms with Gasteiger partial charge in [-0.25, -0.2) is 0 Å². The number of hydrogen-bond acceptors (Lipinski definition) is 6. The third kappa shape index (κ3) is 43.8. The Labute approximate surface area is 355 Å². The molecule has 0 saturated heterocycles. The van der Waals surface area contributed by atoms with Gasteiger partial charge in [-0.05, 0) is 31.1 Å². The summed E-state index contributed by atoms with van der Waals surface area (Å²) in [5.74, 6) is 0.775. The SMILES string of the molecule is CCCCCCCCCCCCCCCCCCCC(=O)O[C@@H](COC(=O)CCCCCCCCCCC(C)CC)COC(=O)CCCCCCCCCC(C)C. The van der Waals surface area contributed by atoms with Crippen molar-refractivity contribution in [2.75, 3.05) is 13.2 Å². The Morgan fingerprint density at radius 3 is 1.00 bits per heavy atom. The van der Waals surface area contributed by atoms with Crippen LogP contribution in [0.15, 0.2) is 0 Å². The summed E-state index contributed by atoms with van der Waals surface area (Å²) in [6.45, 7) is 11.3. The fourth-order valence-electron chi connectivity index (χ4n) is 7.60. The van der Waals surface area contributed by atoms with Crippen LogP contribution in [-0.4, -0.2) is 37.2 Å². The Balaban J connectivity index is 4.29. The summed E-state index contributed by atoms with van der Waals surface area (Å²) in [7, 11) is 0. The molecule has 0 saturated carbocycles. The predicted molar refractivity (Wildman–Crippen MR) is 243 cm³/mol. The van der Waals surface area contributed by atoms with Crippen molar-refractivity contribution in [3.05, 3.63) is 0 Å². The van der Waals surface area contributed by atoms with E-state index in [4.69, 9.17) is 14.2 Å². The Morgan fingerprint density at radius 2 is 0.667 bits per heavy atom. The summed E-state index contributed by atoms with van der Waals surface area (Å²) in [6, 6.07) is 0. The molecule has 2 atom stereocenters. The molecule has 0 spiro atoms. The van der Waals surface area contributed by atoms with Gasteiger partial charge in [-0.3, -0.25) is 14.4 Å². The number of hydrogen-bond donors (Lipinski definition) is 0. The van der Waals surface area contributed by atoms with E-state index in [1.807, 2.05) is 0 Å². The van der Waals surface area contributed by atoms with Crippen LogP contribution in [-0.2, 0) is 28.6 Å². The summed E-state index contributed by atoms with van der Waals surface area (Å²) in [5.41, 5.74) is 0. The van der Waals surface area contributed by atoms with E-state index in [0.717, 1.165) is 69.6 Å². The van der Waals surface area contributed by atoms with Crippen LogP contribution in [0.5, 0.6) is 0 Å². The number of carbonyl (C=O) groups is 3. The van der Waals surface area contributed by atoms with Gasteiger partial charge >= 0.3 is 17.9 Å². The van der Waals surface area contributed by atoms with Crippen LogP contribution in [0.25, 0.3) is 0 Å². The fraction of sp³-hybridized carbons (Fsp3) is 0.941. The second-order valence-corrected chi connectivity index (χ2v) is 18.2. The summed E-state index contributed by atoms with van der Waals surface area (Å²) in [6.07, 6.45) is 43.8. The Kier molecular flexibility index (Phi) is 42.7. The molecule has 0 N–H and O–H groups in total. The molecule has 0 bridgehead atoms. The Hall–Kier alpha value is -1.59. The molecule has 0 aliphatic heterocycles. The monoisotopic (exact) mass is 807 g/mol. The molecular formula is C51H98O6. The van der Waals surface area contributed by atoms with Gasteiger partial charge in [0.2, 0.25) is 0 Å². The normalized spacial score (nSPS) is 12.5. The first-order valence-corrected chi connectivity index (χ1v) is 25.3. The predicted octanol–water partition coefficient (Wildman–Crippen LogP) is 16.1. The summed E-state index contributed by atoms with van der Waals surface area (Å²) in [4.78, 5) is 37.8. The fourth-order valence-corrected chi connectivity index (χ4v) is 7.60. The van der Waals surface area contributed by atoms with Gasteiger partial charge in [0, 0.05) is 19.3 Å². The maximum atomic E-state index is 12.8. The molecule has 338 valence electrons. The van der Waals surface area contributed by atoms with Crippen LogP contribution in [0.4, 0.5) is 0 Å². The average Bonchev–Trinajstić information content (AvgIpc) is 3.19. The molecule has 0 amide bonds. The Morgan fingerprint density at radius 1 is 0.368 bits per heavy atom. The van der Waals surface area contributed by atoms with Crippen molar-refractivity contribution in [3.63, 3.8) is 0 Å². The van der Waals surface area contributed by atoms with E-state index in [1.165, 1.54) is 167 Å². The van der Waals surface area contributed by atoms with Crippen molar-refractivity contribution >= 4 is 17.9 Å². The number of ether oxygens (including phenoxy) is 3. The number of carbonyl (C=O) groups excluding carboxylic acids is 3. The van der Waals surface area contributed by atoms with Gasteiger partial charge in [0.05, 0.1) is 0 Å². The summed E-state index contributed by atoms with van der Waals surface area (Å²) in [5, 5.41) is 0. The molecule has 0 aliphatic rings. The maximum absolute atomic E-state index is 12.8. The van der Waals surface area contributed by atoms with E-state index in [0.29, 0.717) is 19.3 Å². The zero-order chi connectivity index (χ0) is 41.9. The highest BCUT2D eigenvalue weighted by Crippen LogP contribution is 2.17. The molecule has 0 aromatic carbocycles. The first-order valence-electron chi connectivity index (χ1n) is 25.3. The van der Waals surface area contributed by atoms with E-state index in [9.17, 15) is 14.4 Å². The molecule has 57 heavy (non-hydrogen) atoms. The van der Waals surface area contributed by atoms with Crippen LogP contribution >= 0.6 is 0 Å². The first kappa shape index (κ1) is 55.4. The third-order valence-corrected chi connectivity index (χ3v) is 11.8. The van der Waals surface area contributed by atoms with Crippen LogP contribution in [0, 0.1) is 11.8 Å². The molecule has 0 rings (SSSR count). The highest BCUT2D eigenvalue weighted by Gasteiger charge is 2.19. The smallest absolute Gasteiger partial charge is 0.306 e. The molecule has 0 radical (unpaired) electrons. The van der Waals surface area contributed by atoms with Gasteiger partial charge < -0.3 is 14.2 Å². The van der Waals surface area contributed by atoms with Crippen molar-refractivity contribution < 1.29 is 28.6 Å². The quantitative estimate of drug-likeness (QED) is 0.0346. The zero-order valence-electron chi connectivity index (χ0n) is 39.0. The van der Waals surface area contributed by atoms with Crippen molar-refractivity contribution in [2.24, 2.45) is 11.8 Å². The lowest BCUT2D eigenvalue weighted by molar-refractivity contribution is -0.167. The average molecular weight is 807 g/mol. The topological polar surface area (TPSA) is 78.9 Å². The lowest BCUT2D eigenvalue weighted by Gasteiger charge is -2.18. The summed E-state index contributed by atoms with van der Waals surface area (Å²) < 4.78 is 16.8. The van der Waals surface area contributed by atoms with E-state index >= 15 is 0 Å². The molecular weight excluding hydrogens is 709 g/mol. The minimum absolute atomic E-state index is 0.0651. The van der Waals surface area contributed by atoms with Gasteiger partial charge in [-0.2, -0.15) is 0 Å². The first-order chi connectivity index (χ1) is 27.8. The van der Waals surface area contributed by atoms with Gasteiger partial charge in [0.15, 0.2) is 6.10 Å². The second-order valence-electron chi connectivity index (χ2n) is 18.2. The van der Waals surface area contributed by atoms with E-state index in [1.54, 1.807) is 0 Å². The van der Waals surface area contributed by atoms with Crippen molar-refractivity contribution in [3.8, 4) is 0 Å². The minimum atomic E-state index is -0.762. The van der Waals surface area contributed by atoms with Crippen LogP contribution < -0.4 is 0 Å². The van der Waals surface area contributed by atoms with Crippen molar-refractivity contribution in [2.45, 2.75) is 285 Å². The molecule has 1 unspecified atom stereocenters. The summed E-state index contributed by atoms with van der Waals surface area (Å²) >= 11 is 0. The van der Waals surface area contributed by atoms with Gasteiger partial charge in [-0.1, -0.05) is 240 Å². The highest BCUT2D eigenvalue weighted by molar-refractivity contribution is 5.71. The lowest BCUT2D eigenvalue weighted by atomic mass is 9.99. The molecule has 0 heterocycles. The van der Waals surface area contributed by atoms with Crippen molar-refractivity contribution in [1.29, 1.82) is 0 Å². The molecule has 0 aromatic rings. The molecule has 0 aliphatic carbocycles. The number of rotatable bonds is 45. The zero-order valence-corrected chi connectivity index (χ0v) is 39.0. The standard InChI is InChI=1S/C51H98O6/c1-6-8-9-10-11-12-13-14-15-16-17-18-19-20-27-33-38-43-51(54)57-48(45-56-50(53)42-37-32-28-23-24-29-34-39-46(3)4)44-55-49(52)41-36-31-26-22-21-25-30-35-40-47(5)7-2/h46-48H,6-45H2,1-5H3/t47?,48-/m0/s1. The number of unbranched alkanes of at least 4 members (excludes halogenated alkanes) is 29. The molecule has 6 nitrogen and oxygen atoms in total. The van der Waals surface area contributed by atoms with E-state index < -0.39 is 6.10 Å². The molecule has 6 heteroatoms. The van der Waals surface area contributed by atoms with Crippen LogP contribution in [0.3, 0.4) is 0 Å². The highest BCUT2D eigenvalue weighted by atomic mass is 16.6. The maximum Gasteiger partial charge on any atom is 0.306 e. The van der Waals surface area contributed by atoms with Crippen LogP contribution in [0.2, 0.25) is 0 Å². The number of esters is 3. The van der Waals surface area contributed by atoms with E-state index in [2.05, 4.69) is 34.6 Å². The van der Waals surface area contributed by atoms with Gasteiger partial charge in [0.1, 0.15) is 13.2 Å². The van der Waals surface area contributed by atoms with Crippen LogP contribution in [0.1, 0.15) is 279 Å². The molecule has 0 aromatic heterocycles. The molecule has 0 fully saturated rings. The van der Waals surface area contributed by atoms with E-state index in [-0.39, 0.29) is 31.1 Å².